The number of aryl methyl sites for hydroxylation is 1. The molecule has 0 bridgehead atoms. The highest BCUT2D eigenvalue weighted by Crippen LogP contribution is 2.18. The molecule has 1 aromatic heterocycles. The fourth-order valence-electron chi connectivity index (χ4n) is 1.98. The number of nitrogens with two attached hydrogens (primary N) is 1. The molecule has 0 unspecified atom stereocenters. The van der Waals surface area contributed by atoms with Crippen LogP contribution in [0.2, 0.25) is 0 Å². The Kier molecular flexibility index (Phi) is 4.21. The Bertz CT molecular complexity index is 669. The molecular weight excluding hydrogens is 278 g/mol. The maximum absolute atomic E-state index is 13.6. The molecular formula is C14H16F2N4O. The first-order valence-electron chi connectivity index (χ1n) is 6.46. The molecule has 1 amide bonds. The van der Waals surface area contributed by atoms with Crippen molar-refractivity contribution in [3.8, 4) is 0 Å². The molecule has 0 saturated heterocycles. The minimum Gasteiger partial charge on any atom is -0.395 e. The predicted molar refractivity (Wildman–Crippen MR) is 74.5 cm³/mol. The quantitative estimate of drug-likeness (QED) is 0.906. The van der Waals surface area contributed by atoms with Gasteiger partial charge >= 0.3 is 0 Å². The number of carbonyl (C=O) groups excluding carboxylic acids is 1. The van der Waals surface area contributed by atoms with Gasteiger partial charge in [-0.25, -0.2) is 8.78 Å². The lowest BCUT2D eigenvalue weighted by Gasteiger charge is -2.16. The number of H-pyrrole nitrogens is 1. The van der Waals surface area contributed by atoms with E-state index in [1.54, 1.807) is 0 Å². The zero-order valence-corrected chi connectivity index (χ0v) is 11.8. The number of carbonyl (C=O) groups is 1. The van der Waals surface area contributed by atoms with E-state index >= 15 is 0 Å². The molecule has 1 aromatic carbocycles. The van der Waals surface area contributed by atoms with Crippen LogP contribution in [0.5, 0.6) is 0 Å². The molecule has 112 valence electrons. The summed E-state index contributed by atoms with van der Waals surface area (Å²) in [5.74, 6) is -1.78. The number of hydrogen-bond donors (Lipinski definition) is 2. The number of benzene rings is 1. The van der Waals surface area contributed by atoms with Crippen LogP contribution in [0.25, 0.3) is 0 Å². The number of aromatic nitrogens is 2. The molecule has 1 heterocycles. The third-order valence-electron chi connectivity index (χ3n) is 3.21. The number of nitrogens with zero attached hydrogens (tertiary/aromatic N) is 2. The molecule has 0 aliphatic heterocycles. The number of anilines is 1. The van der Waals surface area contributed by atoms with Crippen molar-refractivity contribution in [1.82, 2.24) is 15.1 Å². The average molecular weight is 294 g/mol. The Labute approximate surface area is 120 Å². The average Bonchev–Trinajstić information content (AvgIpc) is 2.82. The van der Waals surface area contributed by atoms with Gasteiger partial charge < -0.3 is 10.6 Å². The van der Waals surface area contributed by atoms with Gasteiger partial charge in [0.2, 0.25) is 0 Å². The fourth-order valence-corrected chi connectivity index (χ4v) is 1.98. The SMILES string of the molecule is CCc1[nH]nc(C(=O)N(C)Cc2ccc(F)cc2F)c1N. The van der Waals surface area contributed by atoms with Gasteiger partial charge in [-0.3, -0.25) is 9.89 Å². The minimum atomic E-state index is -0.695. The molecule has 2 aromatic rings. The number of halogens is 2. The van der Waals surface area contributed by atoms with Crippen LogP contribution in [-0.2, 0) is 13.0 Å². The second-order valence-electron chi connectivity index (χ2n) is 4.71. The zero-order valence-electron chi connectivity index (χ0n) is 11.8. The number of hydrogen-bond acceptors (Lipinski definition) is 3. The molecule has 2 rings (SSSR count). The van der Waals surface area contributed by atoms with Crippen molar-refractivity contribution in [3.05, 3.63) is 46.8 Å². The summed E-state index contributed by atoms with van der Waals surface area (Å²) < 4.78 is 26.4. The van der Waals surface area contributed by atoms with Crippen molar-refractivity contribution in [2.45, 2.75) is 19.9 Å². The van der Waals surface area contributed by atoms with E-state index in [-0.39, 0.29) is 17.8 Å². The Balaban J connectivity index is 2.17. The molecule has 0 radical (unpaired) electrons. The van der Waals surface area contributed by atoms with Gasteiger partial charge in [-0.05, 0) is 12.5 Å². The third-order valence-corrected chi connectivity index (χ3v) is 3.21. The molecule has 0 aliphatic rings. The summed E-state index contributed by atoms with van der Waals surface area (Å²) in [5.41, 5.74) is 7.14. The van der Waals surface area contributed by atoms with Crippen LogP contribution in [-0.4, -0.2) is 28.1 Å². The van der Waals surface area contributed by atoms with E-state index in [9.17, 15) is 13.6 Å². The van der Waals surface area contributed by atoms with Gasteiger partial charge in [0.25, 0.3) is 5.91 Å². The monoisotopic (exact) mass is 294 g/mol. The molecule has 5 nitrogen and oxygen atoms in total. The van der Waals surface area contributed by atoms with Gasteiger partial charge in [0.1, 0.15) is 11.6 Å². The van der Waals surface area contributed by atoms with E-state index in [1.807, 2.05) is 6.92 Å². The molecule has 0 atom stereocenters. The number of amides is 1. The molecule has 21 heavy (non-hydrogen) atoms. The Morgan fingerprint density at radius 2 is 2.14 bits per heavy atom. The van der Waals surface area contributed by atoms with Crippen molar-refractivity contribution >= 4 is 11.6 Å². The summed E-state index contributed by atoms with van der Waals surface area (Å²) in [4.78, 5) is 13.5. The second kappa shape index (κ2) is 5.90. The van der Waals surface area contributed by atoms with Gasteiger partial charge in [-0.2, -0.15) is 5.10 Å². The molecule has 0 aliphatic carbocycles. The molecule has 3 N–H and O–H groups in total. The van der Waals surface area contributed by atoms with Crippen LogP contribution in [0.1, 0.15) is 28.7 Å². The first-order valence-corrected chi connectivity index (χ1v) is 6.46. The summed E-state index contributed by atoms with van der Waals surface area (Å²) >= 11 is 0. The molecule has 7 heteroatoms. The van der Waals surface area contributed by atoms with E-state index in [4.69, 9.17) is 5.73 Å². The van der Waals surface area contributed by atoms with Crippen LogP contribution >= 0.6 is 0 Å². The highest BCUT2D eigenvalue weighted by atomic mass is 19.1. The zero-order chi connectivity index (χ0) is 15.6. The highest BCUT2D eigenvalue weighted by Gasteiger charge is 2.21. The standard InChI is InChI=1S/C14H16F2N4O/c1-3-11-12(17)13(19-18-11)14(21)20(2)7-8-4-5-9(15)6-10(8)16/h4-6H,3,7,17H2,1-2H3,(H,18,19). The lowest BCUT2D eigenvalue weighted by Crippen LogP contribution is -2.27. The highest BCUT2D eigenvalue weighted by molar-refractivity contribution is 5.97. The largest absolute Gasteiger partial charge is 0.395 e. The van der Waals surface area contributed by atoms with Crippen LogP contribution in [0, 0.1) is 11.6 Å². The Morgan fingerprint density at radius 3 is 2.71 bits per heavy atom. The lowest BCUT2D eigenvalue weighted by molar-refractivity contribution is 0.0779. The minimum absolute atomic E-state index is 0.00128. The summed E-state index contributed by atoms with van der Waals surface area (Å²) in [5, 5.41) is 6.59. The molecule has 0 fully saturated rings. The van der Waals surface area contributed by atoms with Gasteiger partial charge in [0, 0.05) is 25.2 Å². The summed E-state index contributed by atoms with van der Waals surface area (Å²) in [7, 11) is 1.50. The van der Waals surface area contributed by atoms with Crippen molar-refractivity contribution in [2.24, 2.45) is 0 Å². The van der Waals surface area contributed by atoms with Crippen LogP contribution in [0.3, 0.4) is 0 Å². The lowest BCUT2D eigenvalue weighted by atomic mass is 10.2. The van der Waals surface area contributed by atoms with Crippen LogP contribution < -0.4 is 5.73 Å². The van der Waals surface area contributed by atoms with Crippen LogP contribution in [0.15, 0.2) is 18.2 Å². The molecule has 0 saturated carbocycles. The van der Waals surface area contributed by atoms with Gasteiger partial charge in [-0.1, -0.05) is 13.0 Å². The van der Waals surface area contributed by atoms with Gasteiger partial charge in [-0.15, -0.1) is 0 Å². The number of aromatic amines is 1. The van der Waals surface area contributed by atoms with E-state index in [0.717, 1.165) is 12.1 Å². The third kappa shape index (κ3) is 3.01. The van der Waals surface area contributed by atoms with Gasteiger partial charge in [0.05, 0.1) is 11.4 Å². The van der Waals surface area contributed by atoms with E-state index in [1.165, 1.54) is 18.0 Å². The predicted octanol–water partition coefficient (Wildman–Crippen LogP) is 2.10. The normalized spacial score (nSPS) is 10.7. The first kappa shape index (κ1) is 15.0. The maximum Gasteiger partial charge on any atom is 0.276 e. The van der Waals surface area contributed by atoms with Gasteiger partial charge in [0.15, 0.2) is 5.69 Å². The van der Waals surface area contributed by atoms with E-state index < -0.39 is 17.5 Å². The molecule has 0 spiro atoms. The Hall–Kier alpha value is -2.44. The van der Waals surface area contributed by atoms with Crippen LogP contribution in [0.4, 0.5) is 14.5 Å². The van der Waals surface area contributed by atoms with Crippen molar-refractivity contribution in [1.29, 1.82) is 0 Å². The van der Waals surface area contributed by atoms with Crippen molar-refractivity contribution in [2.75, 3.05) is 12.8 Å². The van der Waals surface area contributed by atoms with E-state index in [2.05, 4.69) is 10.2 Å². The number of rotatable bonds is 4. The van der Waals surface area contributed by atoms with Crippen molar-refractivity contribution in [3.63, 3.8) is 0 Å². The smallest absolute Gasteiger partial charge is 0.276 e. The number of nitrogens with one attached hydrogen (secondary N) is 1. The maximum atomic E-state index is 13.6. The topological polar surface area (TPSA) is 75.0 Å². The van der Waals surface area contributed by atoms with Crippen molar-refractivity contribution < 1.29 is 13.6 Å². The fraction of sp³-hybridized carbons (Fsp3) is 0.286. The number of nitrogen functional groups attached to an aromatic ring is 1. The summed E-state index contributed by atoms with van der Waals surface area (Å²) in [6, 6.07) is 3.24. The second-order valence-corrected chi connectivity index (χ2v) is 4.71. The van der Waals surface area contributed by atoms with E-state index in [0.29, 0.717) is 17.8 Å². The Morgan fingerprint density at radius 1 is 1.43 bits per heavy atom. The first-order chi connectivity index (χ1) is 9.93. The summed E-state index contributed by atoms with van der Waals surface area (Å²) in [6.45, 7) is 1.88. The summed E-state index contributed by atoms with van der Waals surface area (Å²) in [6.07, 6.45) is 0.627.